The number of hydrogen-bond acceptors (Lipinski definition) is 7. The van der Waals surface area contributed by atoms with Gasteiger partial charge in [0.2, 0.25) is 5.91 Å². The van der Waals surface area contributed by atoms with E-state index < -0.39 is 0 Å². The molecule has 1 saturated heterocycles. The van der Waals surface area contributed by atoms with Crippen LogP contribution in [0.15, 0.2) is 35.2 Å². The van der Waals surface area contributed by atoms with Gasteiger partial charge in [0.15, 0.2) is 0 Å². The van der Waals surface area contributed by atoms with Crippen LogP contribution in [-0.4, -0.2) is 34.9 Å². The molecule has 2 amide bonds. The van der Waals surface area contributed by atoms with Crippen molar-refractivity contribution < 1.29 is 9.59 Å². The molecule has 0 saturated carbocycles. The van der Waals surface area contributed by atoms with Crippen LogP contribution in [0.2, 0.25) is 0 Å². The molecule has 9 heteroatoms. The predicted octanol–water partition coefficient (Wildman–Crippen LogP) is 3.53. The van der Waals surface area contributed by atoms with Crippen LogP contribution in [0.5, 0.6) is 0 Å². The number of pyridine rings is 1. The van der Waals surface area contributed by atoms with Crippen molar-refractivity contribution in [3.05, 3.63) is 45.7 Å². The summed E-state index contributed by atoms with van der Waals surface area (Å²) < 4.78 is 0. The van der Waals surface area contributed by atoms with Gasteiger partial charge in [-0.15, -0.1) is 11.3 Å². The van der Waals surface area contributed by atoms with Gasteiger partial charge in [-0.3, -0.25) is 9.59 Å². The van der Waals surface area contributed by atoms with Gasteiger partial charge >= 0.3 is 0 Å². The molecule has 1 aliphatic heterocycles. The number of nitrogens with zero attached hydrogens (tertiary/aromatic N) is 3. The van der Waals surface area contributed by atoms with E-state index in [-0.39, 0.29) is 17.7 Å². The van der Waals surface area contributed by atoms with Crippen LogP contribution < -0.4 is 16.0 Å². The van der Waals surface area contributed by atoms with E-state index in [2.05, 4.69) is 20.2 Å². The quantitative estimate of drug-likeness (QED) is 0.649. The van der Waals surface area contributed by atoms with Crippen LogP contribution in [0, 0.1) is 12.8 Å². The number of nitrogens with one attached hydrogen (secondary N) is 1. The minimum absolute atomic E-state index is 0.142. The van der Waals surface area contributed by atoms with E-state index in [1.807, 2.05) is 35.9 Å². The Labute approximate surface area is 176 Å². The molecule has 0 spiro atoms. The summed E-state index contributed by atoms with van der Waals surface area (Å²) in [4.78, 5) is 35.8. The normalized spacial score (nSPS) is 16.6. The van der Waals surface area contributed by atoms with Gasteiger partial charge in [-0.1, -0.05) is 0 Å². The van der Waals surface area contributed by atoms with Crippen molar-refractivity contribution in [2.45, 2.75) is 19.8 Å². The van der Waals surface area contributed by atoms with E-state index in [0.717, 1.165) is 35.8 Å². The van der Waals surface area contributed by atoms with Gasteiger partial charge in [0, 0.05) is 24.0 Å². The second kappa shape index (κ2) is 8.30. The molecular weight excluding hydrogens is 406 g/mol. The highest BCUT2D eigenvalue weighted by atomic mass is 32.1. The molecule has 0 bridgehead atoms. The summed E-state index contributed by atoms with van der Waals surface area (Å²) in [6, 6.07) is 5.68. The summed E-state index contributed by atoms with van der Waals surface area (Å²) in [5, 5.41) is 7.75. The van der Waals surface area contributed by atoms with Crippen LogP contribution in [0.4, 0.5) is 11.5 Å². The highest BCUT2D eigenvalue weighted by Crippen LogP contribution is 2.30. The van der Waals surface area contributed by atoms with Crippen LogP contribution >= 0.6 is 22.7 Å². The average Bonchev–Trinajstić information content (AvgIpc) is 3.38. The first-order valence-electron chi connectivity index (χ1n) is 9.33. The van der Waals surface area contributed by atoms with Crippen LogP contribution in [0.3, 0.4) is 0 Å². The molecule has 0 aromatic carbocycles. The Morgan fingerprint density at radius 3 is 2.86 bits per heavy atom. The number of piperidine rings is 1. The predicted molar refractivity (Wildman–Crippen MR) is 116 cm³/mol. The first-order valence-corrected chi connectivity index (χ1v) is 11.1. The number of anilines is 2. The zero-order valence-electron chi connectivity index (χ0n) is 15.9. The van der Waals surface area contributed by atoms with E-state index in [1.165, 1.54) is 11.3 Å². The Morgan fingerprint density at radius 1 is 1.31 bits per heavy atom. The highest BCUT2D eigenvalue weighted by molar-refractivity contribution is 7.17. The van der Waals surface area contributed by atoms with Gasteiger partial charge in [0.25, 0.3) is 5.91 Å². The highest BCUT2D eigenvalue weighted by Gasteiger charge is 2.24. The summed E-state index contributed by atoms with van der Waals surface area (Å²) in [6.07, 6.45) is 3.36. The second-order valence-electron chi connectivity index (χ2n) is 6.99. The number of carbonyl (C=O) groups is 2. The monoisotopic (exact) mass is 427 g/mol. The van der Waals surface area contributed by atoms with Crippen LogP contribution in [-0.2, 0) is 4.79 Å². The van der Waals surface area contributed by atoms with Gasteiger partial charge < -0.3 is 16.0 Å². The number of carbonyl (C=O) groups excluding carboxylic acids is 2. The zero-order chi connectivity index (χ0) is 20.4. The first kappa shape index (κ1) is 19.5. The fourth-order valence-corrected chi connectivity index (χ4v) is 5.04. The fourth-order valence-electron chi connectivity index (χ4n) is 3.37. The average molecular weight is 428 g/mol. The maximum Gasteiger partial charge on any atom is 0.267 e. The largest absolute Gasteiger partial charge is 0.369 e. The van der Waals surface area contributed by atoms with Crippen molar-refractivity contribution in [2.75, 3.05) is 23.3 Å². The first-order chi connectivity index (χ1) is 14.0. The number of aryl methyl sites for hydroxylation is 1. The zero-order valence-corrected chi connectivity index (χ0v) is 17.6. The topological polar surface area (TPSA) is 101 Å². The van der Waals surface area contributed by atoms with E-state index in [1.54, 1.807) is 17.5 Å². The lowest BCUT2D eigenvalue weighted by molar-refractivity contribution is -0.122. The minimum Gasteiger partial charge on any atom is -0.369 e. The van der Waals surface area contributed by atoms with Crippen LogP contribution in [0.25, 0.3) is 10.6 Å². The molecule has 0 radical (unpaired) electrons. The number of rotatable bonds is 5. The van der Waals surface area contributed by atoms with E-state index in [0.29, 0.717) is 22.8 Å². The molecule has 3 N–H and O–H groups in total. The maximum absolute atomic E-state index is 12.7. The van der Waals surface area contributed by atoms with E-state index in [9.17, 15) is 9.59 Å². The van der Waals surface area contributed by atoms with Gasteiger partial charge in [0.1, 0.15) is 15.7 Å². The van der Waals surface area contributed by atoms with E-state index in [4.69, 9.17) is 5.73 Å². The number of thiazole rings is 1. The third-order valence-corrected chi connectivity index (χ3v) is 6.81. The number of thiophene rings is 1. The Balaban J connectivity index is 1.44. The fraction of sp³-hybridized carbons (Fsp3) is 0.300. The Kier molecular flexibility index (Phi) is 5.59. The smallest absolute Gasteiger partial charge is 0.267 e. The molecule has 3 aromatic heterocycles. The molecule has 1 atom stereocenters. The molecule has 1 aliphatic rings. The molecule has 7 nitrogen and oxygen atoms in total. The Morgan fingerprint density at radius 2 is 2.17 bits per heavy atom. The number of primary amides is 1. The molecular formula is C20H21N5O2S2. The van der Waals surface area contributed by atoms with Crippen molar-refractivity contribution in [3.8, 4) is 10.6 Å². The van der Waals surface area contributed by atoms with Gasteiger partial charge in [-0.05, 0) is 43.3 Å². The molecule has 0 aliphatic carbocycles. The van der Waals surface area contributed by atoms with Crippen molar-refractivity contribution in [1.29, 1.82) is 0 Å². The number of amides is 2. The van der Waals surface area contributed by atoms with Crippen LogP contribution in [0.1, 0.15) is 28.2 Å². The lowest BCUT2D eigenvalue weighted by atomic mass is 9.97. The molecule has 1 fully saturated rings. The lowest BCUT2D eigenvalue weighted by Gasteiger charge is -2.32. The number of hydrogen-bond donors (Lipinski definition) is 2. The van der Waals surface area contributed by atoms with E-state index >= 15 is 0 Å². The van der Waals surface area contributed by atoms with Gasteiger partial charge in [0.05, 0.1) is 23.5 Å². The number of nitrogens with two attached hydrogens (primary N) is 1. The van der Waals surface area contributed by atoms with Crippen molar-refractivity contribution in [1.82, 2.24) is 9.97 Å². The molecule has 1 unspecified atom stereocenters. The molecule has 4 heterocycles. The summed E-state index contributed by atoms with van der Waals surface area (Å²) in [5.41, 5.74) is 7.81. The summed E-state index contributed by atoms with van der Waals surface area (Å²) in [7, 11) is 0. The number of aromatic nitrogens is 2. The van der Waals surface area contributed by atoms with Crippen molar-refractivity contribution in [3.63, 3.8) is 0 Å². The van der Waals surface area contributed by atoms with Crippen molar-refractivity contribution >= 4 is 46.0 Å². The molecule has 150 valence electrons. The minimum atomic E-state index is -0.264. The lowest BCUT2D eigenvalue weighted by Crippen LogP contribution is -2.41. The third-order valence-electron chi connectivity index (χ3n) is 4.92. The standard InChI is InChI=1S/C20H21N5O2S2/c1-12-17(29-20(23-12)14-6-8-28-11-14)19(27)24-15-4-5-16(22-9-15)25-7-2-3-13(10-25)18(21)26/h4-6,8-9,11,13H,2-3,7,10H2,1H3,(H2,21,26)(H,24,27). The molecule has 3 aromatic rings. The SMILES string of the molecule is Cc1nc(-c2ccsc2)sc1C(=O)Nc1ccc(N2CCCC(C(N)=O)C2)nc1. The Bertz CT molecular complexity index is 1010. The molecule has 29 heavy (non-hydrogen) atoms. The van der Waals surface area contributed by atoms with Gasteiger partial charge in [-0.2, -0.15) is 11.3 Å². The summed E-state index contributed by atoms with van der Waals surface area (Å²) in [6.45, 7) is 3.27. The summed E-state index contributed by atoms with van der Waals surface area (Å²) >= 11 is 2.99. The third kappa shape index (κ3) is 4.30. The van der Waals surface area contributed by atoms with Crippen molar-refractivity contribution in [2.24, 2.45) is 11.7 Å². The maximum atomic E-state index is 12.7. The Hall–Kier alpha value is -2.78. The molecule has 4 rings (SSSR count). The van der Waals surface area contributed by atoms with Gasteiger partial charge in [-0.25, -0.2) is 9.97 Å². The summed E-state index contributed by atoms with van der Waals surface area (Å²) in [5.74, 6) is 0.183. The second-order valence-corrected chi connectivity index (χ2v) is 8.77.